The molecule has 0 amide bonds. The maximum atomic E-state index is 13.7. The lowest BCUT2D eigenvalue weighted by Gasteiger charge is -2.27. The first-order valence-corrected chi connectivity index (χ1v) is 9.96. The fraction of sp³-hybridized carbons (Fsp3) is 0.316. The maximum absolute atomic E-state index is 13.7. The van der Waals surface area contributed by atoms with Crippen LogP contribution in [0.25, 0.3) is 0 Å². The number of hydrogen-bond acceptors (Lipinski definition) is 1. The molecular weight excluding hydrogens is 594 g/mol. The molecule has 0 aliphatic heterocycles. The van der Waals surface area contributed by atoms with Crippen LogP contribution in [-0.2, 0) is 4.79 Å². The van der Waals surface area contributed by atoms with Crippen molar-refractivity contribution in [1.29, 1.82) is 0 Å². The zero-order valence-corrected chi connectivity index (χ0v) is 18.4. The monoisotopic (exact) mass is 602 g/mol. The quantitative estimate of drug-likeness (QED) is 0.302. The molecule has 0 saturated carbocycles. The summed E-state index contributed by atoms with van der Waals surface area (Å²) < 4.78 is 134. The predicted molar refractivity (Wildman–Crippen MR) is 101 cm³/mol. The molecule has 0 N–H and O–H groups in total. The van der Waals surface area contributed by atoms with Gasteiger partial charge >= 0.3 is 12.4 Å². The van der Waals surface area contributed by atoms with Crippen molar-refractivity contribution in [3.8, 4) is 0 Å². The Morgan fingerprint density at radius 3 is 1.22 bits per heavy atom. The van der Waals surface area contributed by atoms with Crippen LogP contribution in [-0.4, -0.2) is 18.1 Å². The summed E-state index contributed by atoms with van der Waals surface area (Å²) in [4.78, 5) is 12.6. The highest BCUT2D eigenvalue weighted by atomic mass is 79.9. The molecular formula is C19H10Br2F10O. The molecule has 32 heavy (non-hydrogen) atoms. The first-order chi connectivity index (χ1) is 14.6. The minimum Gasteiger partial charge on any atom is -0.298 e. The molecule has 0 fully saturated rings. The minimum absolute atomic E-state index is 0.282. The topological polar surface area (TPSA) is 17.1 Å². The molecule has 0 bridgehead atoms. The second kappa shape index (κ2) is 9.70. The Kier molecular flexibility index (Phi) is 8.07. The third-order valence-electron chi connectivity index (χ3n) is 4.40. The van der Waals surface area contributed by atoms with Crippen LogP contribution in [0.4, 0.5) is 43.9 Å². The third-order valence-corrected chi connectivity index (χ3v) is 5.85. The smallest absolute Gasteiger partial charge is 0.298 e. The van der Waals surface area contributed by atoms with Crippen LogP contribution in [0.3, 0.4) is 0 Å². The van der Waals surface area contributed by atoms with E-state index in [0.29, 0.717) is 12.1 Å². The van der Waals surface area contributed by atoms with Gasteiger partial charge in [-0.3, -0.25) is 4.79 Å². The number of Topliss-reactive ketones (excluding diaryl/α,β-unsaturated/α-hetero) is 1. The molecule has 2 rings (SSSR count). The SMILES string of the molecule is O=C(C(c1ccc(Br)c(C(F)F)c1)C(F)(F)F)C(c1ccc(Br)c(C(F)F)c1)C(F)(F)F. The molecule has 2 unspecified atom stereocenters. The van der Waals surface area contributed by atoms with Gasteiger partial charge in [-0.05, 0) is 35.4 Å². The van der Waals surface area contributed by atoms with Gasteiger partial charge in [-0.1, -0.05) is 44.0 Å². The van der Waals surface area contributed by atoms with Crippen molar-refractivity contribution in [2.45, 2.75) is 37.0 Å². The zero-order valence-electron chi connectivity index (χ0n) is 15.2. The van der Waals surface area contributed by atoms with E-state index in [9.17, 15) is 48.7 Å². The Bertz CT molecular complexity index is 908. The number of alkyl halides is 10. The van der Waals surface area contributed by atoms with E-state index >= 15 is 0 Å². The van der Waals surface area contributed by atoms with Crippen LogP contribution in [0, 0.1) is 0 Å². The molecule has 1 nitrogen and oxygen atoms in total. The third kappa shape index (κ3) is 5.83. The molecule has 2 aromatic rings. The average Bonchev–Trinajstić information content (AvgIpc) is 2.62. The molecule has 0 aliphatic rings. The molecule has 0 spiro atoms. The Balaban J connectivity index is 2.70. The molecule has 2 aromatic carbocycles. The molecule has 13 heteroatoms. The largest absolute Gasteiger partial charge is 0.402 e. The summed E-state index contributed by atoms with van der Waals surface area (Å²) in [5.41, 5.74) is -4.20. The Morgan fingerprint density at radius 1 is 0.656 bits per heavy atom. The van der Waals surface area contributed by atoms with Crippen LogP contribution in [0.1, 0.15) is 46.9 Å². The fourth-order valence-corrected chi connectivity index (χ4v) is 3.85. The van der Waals surface area contributed by atoms with Crippen LogP contribution >= 0.6 is 31.9 Å². The highest BCUT2D eigenvalue weighted by Crippen LogP contribution is 2.46. The van der Waals surface area contributed by atoms with Gasteiger partial charge in [-0.25, -0.2) is 17.6 Å². The number of carbonyl (C=O) groups is 1. The van der Waals surface area contributed by atoms with E-state index in [2.05, 4.69) is 31.9 Å². The summed E-state index contributed by atoms with van der Waals surface area (Å²) >= 11 is 5.38. The van der Waals surface area contributed by atoms with Gasteiger partial charge in [0.25, 0.3) is 12.9 Å². The second-order valence-corrected chi connectivity index (χ2v) is 8.22. The Labute approximate surface area is 191 Å². The summed E-state index contributed by atoms with van der Waals surface area (Å²) in [6.45, 7) is 0. The molecule has 0 saturated heterocycles. The molecule has 176 valence electrons. The number of carbonyl (C=O) groups excluding carboxylic acids is 1. The number of hydrogen-bond donors (Lipinski definition) is 0. The van der Waals surface area contributed by atoms with Gasteiger partial charge in [-0.2, -0.15) is 26.3 Å². The number of rotatable bonds is 6. The first kappa shape index (κ1) is 26.6. The summed E-state index contributed by atoms with van der Waals surface area (Å²) in [6.07, 6.45) is -17.7. The normalized spacial score (nSPS) is 14.7. The lowest BCUT2D eigenvalue weighted by Crippen LogP contribution is -2.38. The summed E-state index contributed by atoms with van der Waals surface area (Å²) in [6, 6.07) is 3.24. The van der Waals surface area contributed by atoms with Gasteiger partial charge in [0.2, 0.25) is 0 Å². The lowest BCUT2D eigenvalue weighted by molar-refractivity contribution is -0.183. The summed E-state index contributed by atoms with van der Waals surface area (Å²) in [7, 11) is 0. The van der Waals surface area contributed by atoms with E-state index in [1.165, 1.54) is 0 Å². The summed E-state index contributed by atoms with van der Waals surface area (Å²) in [5, 5.41) is 0. The van der Waals surface area contributed by atoms with Gasteiger partial charge in [0.15, 0.2) is 5.78 Å². The highest BCUT2D eigenvalue weighted by Gasteiger charge is 2.55. The van der Waals surface area contributed by atoms with E-state index in [1.807, 2.05) is 0 Å². The Morgan fingerprint density at radius 2 is 0.969 bits per heavy atom. The van der Waals surface area contributed by atoms with Crippen molar-refractivity contribution in [2.75, 3.05) is 0 Å². The average molecular weight is 604 g/mol. The predicted octanol–water partition coefficient (Wildman–Crippen LogP) is 8.65. The second-order valence-electron chi connectivity index (χ2n) is 6.51. The van der Waals surface area contributed by atoms with E-state index in [-0.39, 0.29) is 21.1 Å². The molecule has 2 atom stereocenters. The van der Waals surface area contributed by atoms with Crippen LogP contribution < -0.4 is 0 Å². The van der Waals surface area contributed by atoms with Crippen LogP contribution in [0.5, 0.6) is 0 Å². The van der Waals surface area contributed by atoms with E-state index in [1.54, 1.807) is 0 Å². The lowest BCUT2D eigenvalue weighted by atomic mass is 9.82. The van der Waals surface area contributed by atoms with E-state index in [4.69, 9.17) is 0 Å². The molecule has 0 aliphatic carbocycles. The zero-order chi connectivity index (χ0) is 24.6. The van der Waals surface area contributed by atoms with Gasteiger partial charge in [0.05, 0.1) is 0 Å². The molecule has 0 aromatic heterocycles. The van der Waals surface area contributed by atoms with Crippen LogP contribution in [0.15, 0.2) is 45.3 Å². The standard InChI is InChI=1S/C19H10Br2F10O/c20-11-3-1-7(5-9(11)16(22)23)13(18(26,27)28)15(32)14(19(29,30)31)8-2-4-12(21)10(6-8)17(24)25/h1-6,13-14,16-17H. The van der Waals surface area contributed by atoms with Crippen molar-refractivity contribution in [2.24, 2.45) is 0 Å². The number of ketones is 1. The molecule has 0 radical (unpaired) electrons. The maximum Gasteiger partial charge on any atom is 0.402 e. The van der Waals surface area contributed by atoms with E-state index in [0.717, 1.165) is 12.1 Å². The van der Waals surface area contributed by atoms with E-state index < -0.39 is 65.1 Å². The van der Waals surface area contributed by atoms with Crippen LogP contribution in [0.2, 0.25) is 0 Å². The number of benzene rings is 2. The van der Waals surface area contributed by atoms with Gasteiger partial charge in [0, 0.05) is 20.1 Å². The van der Waals surface area contributed by atoms with Crippen molar-refractivity contribution in [3.05, 3.63) is 67.6 Å². The van der Waals surface area contributed by atoms with Gasteiger partial charge in [-0.15, -0.1) is 0 Å². The minimum atomic E-state index is -5.59. The molecule has 0 heterocycles. The van der Waals surface area contributed by atoms with Gasteiger partial charge < -0.3 is 0 Å². The van der Waals surface area contributed by atoms with Crippen molar-refractivity contribution in [1.82, 2.24) is 0 Å². The first-order valence-electron chi connectivity index (χ1n) is 8.37. The van der Waals surface area contributed by atoms with Gasteiger partial charge in [0.1, 0.15) is 11.8 Å². The fourth-order valence-electron chi connectivity index (χ4n) is 3.01. The Hall–Kier alpha value is -1.63. The van der Waals surface area contributed by atoms with Crippen molar-refractivity contribution < 1.29 is 48.7 Å². The summed E-state index contributed by atoms with van der Waals surface area (Å²) in [5.74, 6) is -9.30. The highest BCUT2D eigenvalue weighted by molar-refractivity contribution is 9.10. The van der Waals surface area contributed by atoms with Crippen molar-refractivity contribution in [3.63, 3.8) is 0 Å². The number of halogens is 12. The van der Waals surface area contributed by atoms with Crippen molar-refractivity contribution >= 4 is 37.6 Å².